The highest BCUT2D eigenvalue weighted by molar-refractivity contribution is 6.05. The SMILES string of the molecule is O=C(O)c1ccc(-c2cc3ccc4ccccc4c3o2)cc1. The maximum atomic E-state index is 10.9. The number of carbonyl (C=O) groups is 1. The quantitative estimate of drug-likeness (QED) is 0.567. The van der Waals surface area contributed by atoms with Crippen molar-refractivity contribution in [2.75, 3.05) is 0 Å². The molecule has 0 aliphatic carbocycles. The van der Waals surface area contributed by atoms with Gasteiger partial charge in [0.25, 0.3) is 0 Å². The maximum absolute atomic E-state index is 10.9. The van der Waals surface area contributed by atoms with Crippen LogP contribution in [0.15, 0.2) is 71.1 Å². The first kappa shape index (κ1) is 12.7. The second kappa shape index (κ2) is 4.74. The summed E-state index contributed by atoms with van der Waals surface area (Å²) in [7, 11) is 0. The minimum absolute atomic E-state index is 0.269. The van der Waals surface area contributed by atoms with Crippen LogP contribution in [0.3, 0.4) is 0 Å². The van der Waals surface area contributed by atoms with Crippen molar-refractivity contribution < 1.29 is 14.3 Å². The van der Waals surface area contributed by atoms with E-state index < -0.39 is 5.97 Å². The van der Waals surface area contributed by atoms with E-state index in [9.17, 15) is 4.79 Å². The van der Waals surface area contributed by atoms with E-state index in [1.165, 1.54) is 0 Å². The molecular formula is C19H12O3. The van der Waals surface area contributed by atoms with Gasteiger partial charge >= 0.3 is 5.97 Å². The Bertz CT molecular complexity index is 994. The number of aromatic carboxylic acids is 1. The van der Waals surface area contributed by atoms with Gasteiger partial charge in [-0.1, -0.05) is 48.5 Å². The highest BCUT2D eigenvalue weighted by atomic mass is 16.4. The van der Waals surface area contributed by atoms with Gasteiger partial charge in [0.2, 0.25) is 0 Å². The summed E-state index contributed by atoms with van der Waals surface area (Å²) in [5.74, 6) is -0.189. The lowest BCUT2D eigenvalue weighted by Gasteiger charge is -1.98. The van der Waals surface area contributed by atoms with Crippen molar-refractivity contribution in [3.8, 4) is 11.3 Å². The Hall–Kier alpha value is -3.07. The Morgan fingerprint density at radius 1 is 0.864 bits per heavy atom. The zero-order valence-electron chi connectivity index (χ0n) is 11.6. The second-order valence-electron chi connectivity index (χ2n) is 5.20. The number of hydrogen-bond acceptors (Lipinski definition) is 2. The maximum Gasteiger partial charge on any atom is 0.335 e. The molecule has 0 aliphatic rings. The highest BCUT2D eigenvalue weighted by Gasteiger charge is 2.10. The van der Waals surface area contributed by atoms with Gasteiger partial charge < -0.3 is 9.52 Å². The van der Waals surface area contributed by atoms with Crippen LogP contribution in [-0.2, 0) is 0 Å². The van der Waals surface area contributed by atoms with Gasteiger partial charge in [-0.25, -0.2) is 4.79 Å². The zero-order chi connectivity index (χ0) is 15.1. The molecule has 1 aromatic heterocycles. The molecule has 0 atom stereocenters. The normalized spacial score (nSPS) is 11.1. The molecule has 0 bridgehead atoms. The summed E-state index contributed by atoms with van der Waals surface area (Å²) in [5.41, 5.74) is 1.99. The van der Waals surface area contributed by atoms with Crippen molar-refractivity contribution in [3.63, 3.8) is 0 Å². The van der Waals surface area contributed by atoms with Gasteiger partial charge in [0.05, 0.1) is 5.56 Å². The van der Waals surface area contributed by atoms with Crippen molar-refractivity contribution in [1.29, 1.82) is 0 Å². The molecule has 106 valence electrons. The van der Waals surface area contributed by atoms with Crippen molar-refractivity contribution >= 4 is 27.7 Å². The Labute approximate surface area is 126 Å². The molecule has 0 fully saturated rings. The minimum Gasteiger partial charge on any atom is -0.478 e. The van der Waals surface area contributed by atoms with Crippen LogP contribution in [0.1, 0.15) is 10.4 Å². The van der Waals surface area contributed by atoms with E-state index in [2.05, 4.69) is 12.1 Å². The third kappa shape index (κ3) is 1.95. The fourth-order valence-corrected chi connectivity index (χ4v) is 2.69. The molecule has 1 N–H and O–H groups in total. The van der Waals surface area contributed by atoms with E-state index in [1.807, 2.05) is 30.3 Å². The largest absolute Gasteiger partial charge is 0.478 e. The van der Waals surface area contributed by atoms with E-state index in [1.54, 1.807) is 24.3 Å². The molecule has 3 nitrogen and oxygen atoms in total. The molecule has 22 heavy (non-hydrogen) atoms. The number of carboxylic acids is 1. The van der Waals surface area contributed by atoms with Crippen molar-refractivity contribution in [2.24, 2.45) is 0 Å². The lowest BCUT2D eigenvalue weighted by atomic mass is 10.1. The molecule has 3 heteroatoms. The first-order chi connectivity index (χ1) is 10.7. The standard InChI is InChI=1S/C19H12O3/c20-19(21)14-8-6-13(7-9-14)17-11-15-10-5-12-3-1-2-4-16(12)18(15)22-17/h1-11H,(H,20,21). The van der Waals surface area contributed by atoms with Crippen molar-refractivity contribution in [2.45, 2.75) is 0 Å². The first-order valence-corrected chi connectivity index (χ1v) is 6.97. The van der Waals surface area contributed by atoms with E-state index in [0.717, 1.165) is 33.1 Å². The van der Waals surface area contributed by atoms with Crippen LogP contribution in [0.2, 0.25) is 0 Å². The van der Waals surface area contributed by atoms with Gasteiger partial charge in [-0.2, -0.15) is 0 Å². The average molecular weight is 288 g/mol. The molecule has 4 rings (SSSR count). The van der Waals surface area contributed by atoms with Crippen LogP contribution in [0.5, 0.6) is 0 Å². The number of rotatable bonds is 2. The second-order valence-corrected chi connectivity index (χ2v) is 5.20. The molecular weight excluding hydrogens is 276 g/mol. The molecule has 3 aromatic carbocycles. The Morgan fingerprint density at radius 3 is 2.36 bits per heavy atom. The van der Waals surface area contributed by atoms with E-state index in [-0.39, 0.29) is 5.56 Å². The summed E-state index contributed by atoms with van der Waals surface area (Å²) in [6.07, 6.45) is 0. The molecule has 4 aromatic rings. The van der Waals surface area contributed by atoms with E-state index in [0.29, 0.717) is 0 Å². The van der Waals surface area contributed by atoms with Gasteiger partial charge in [0.1, 0.15) is 11.3 Å². The topological polar surface area (TPSA) is 50.4 Å². The minimum atomic E-state index is -0.929. The van der Waals surface area contributed by atoms with Gasteiger partial charge in [-0.15, -0.1) is 0 Å². The van der Waals surface area contributed by atoms with Crippen LogP contribution >= 0.6 is 0 Å². The van der Waals surface area contributed by atoms with Crippen LogP contribution < -0.4 is 0 Å². The van der Waals surface area contributed by atoms with Crippen molar-refractivity contribution in [1.82, 2.24) is 0 Å². The summed E-state index contributed by atoms with van der Waals surface area (Å²) in [6, 6.07) is 20.9. The third-order valence-electron chi connectivity index (χ3n) is 3.83. The monoisotopic (exact) mass is 288 g/mol. The zero-order valence-corrected chi connectivity index (χ0v) is 11.6. The molecule has 0 unspecified atom stereocenters. The smallest absolute Gasteiger partial charge is 0.335 e. The first-order valence-electron chi connectivity index (χ1n) is 6.97. The van der Waals surface area contributed by atoms with E-state index >= 15 is 0 Å². The third-order valence-corrected chi connectivity index (χ3v) is 3.83. The summed E-state index contributed by atoms with van der Waals surface area (Å²) >= 11 is 0. The molecule has 0 saturated heterocycles. The Morgan fingerprint density at radius 2 is 1.59 bits per heavy atom. The predicted molar refractivity (Wildman–Crippen MR) is 86.1 cm³/mol. The Kier molecular flexibility index (Phi) is 2.73. The number of hydrogen-bond donors (Lipinski definition) is 1. The van der Waals surface area contributed by atoms with Crippen molar-refractivity contribution in [3.05, 3.63) is 72.3 Å². The van der Waals surface area contributed by atoms with Gasteiger partial charge in [0, 0.05) is 16.3 Å². The van der Waals surface area contributed by atoms with Gasteiger partial charge in [-0.05, 0) is 23.6 Å². The van der Waals surface area contributed by atoms with Crippen LogP contribution in [0.25, 0.3) is 33.1 Å². The number of benzene rings is 3. The molecule has 0 saturated carbocycles. The summed E-state index contributed by atoms with van der Waals surface area (Å²) < 4.78 is 6.02. The van der Waals surface area contributed by atoms with Crippen LogP contribution in [0, 0.1) is 0 Å². The van der Waals surface area contributed by atoms with E-state index in [4.69, 9.17) is 9.52 Å². The summed E-state index contributed by atoms with van der Waals surface area (Å²) in [5, 5.41) is 12.2. The summed E-state index contributed by atoms with van der Waals surface area (Å²) in [6.45, 7) is 0. The fourth-order valence-electron chi connectivity index (χ4n) is 2.69. The van der Waals surface area contributed by atoms with Gasteiger partial charge in [-0.3, -0.25) is 0 Å². The highest BCUT2D eigenvalue weighted by Crippen LogP contribution is 2.32. The molecule has 1 heterocycles. The van der Waals surface area contributed by atoms with Crippen LogP contribution in [-0.4, -0.2) is 11.1 Å². The molecule has 0 amide bonds. The average Bonchev–Trinajstić information content (AvgIpc) is 2.99. The molecule has 0 aliphatic heterocycles. The summed E-state index contributed by atoms with van der Waals surface area (Å²) in [4.78, 5) is 10.9. The predicted octanol–water partition coefficient (Wildman–Crippen LogP) is 4.95. The molecule has 0 spiro atoms. The lowest BCUT2D eigenvalue weighted by Crippen LogP contribution is -1.94. The molecule has 0 radical (unpaired) electrons. The van der Waals surface area contributed by atoms with Crippen LogP contribution in [0.4, 0.5) is 0 Å². The van der Waals surface area contributed by atoms with Gasteiger partial charge in [0.15, 0.2) is 0 Å². The number of carboxylic acid groups (broad SMARTS) is 1. The number of furan rings is 1. The lowest BCUT2D eigenvalue weighted by molar-refractivity contribution is 0.0697. The Balaban J connectivity index is 1.88. The number of fused-ring (bicyclic) bond motifs is 3. The fraction of sp³-hybridized carbons (Fsp3) is 0.